The van der Waals surface area contributed by atoms with Crippen LogP contribution in [0, 0.1) is 4.77 Å². The van der Waals surface area contributed by atoms with Crippen molar-refractivity contribution in [3.8, 4) is 0 Å². The fourth-order valence-corrected chi connectivity index (χ4v) is 3.36. The molecule has 1 fully saturated rings. The van der Waals surface area contributed by atoms with Gasteiger partial charge in [-0.2, -0.15) is 5.10 Å². The van der Waals surface area contributed by atoms with Gasteiger partial charge in [-0.25, -0.2) is 4.68 Å². The maximum atomic E-state index is 9.72. The van der Waals surface area contributed by atoms with Crippen molar-refractivity contribution in [1.82, 2.24) is 19.2 Å². The third-order valence-corrected chi connectivity index (χ3v) is 4.53. The molecule has 1 aromatic rings. The normalized spacial score (nSPS) is 25.0. The number of piperidine rings is 1. The molecular weight excluding hydrogens is 260 g/mol. The minimum absolute atomic E-state index is 0.191. The molecule has 1 aromatic heterocycles. The highest BCUT2D eigenvalue weighted by Gasteiger charge is 2.20. The van der Waals surface area contributed by atoms with Crippen LogP contribution in [0.2, 0.25) is 0 Å². The molecule has 6 heteroatoms. The molecule has 0 spiro atoms. The molecule has 0 saturated carbocycles. The molecule has 1 atom stereocenters. The quantitative estimate of drug-likeness (QED) is 0.836. The summed E-state index contributed by atoms with van der Waals surface area (Å²) in [7, 11) is 0. The molecule has 1 saturated heterocycles. The predicted molar refractivity (Wildman–Crippen MR) is 75.4 cm³/mol. The summed E-state index contributed by atoms with van der Waals surface area (Å²) >= 11 is 5.54. The molecule has 5 nitrogen and oxygen atoms in total. The van der Waals surface area contributed by atoms with E-state index >= 15 is 0 Å². The predicted octanol–water partition coefficient (Wildman–Crippen LogP) is 1.55. The molecule has 3 heterocycles. The van der Waals surface area contributed by atoms with Crippen LogP contribution in [0.15, 0.2) is 0 Å². The molecule has 0 bridgehead atoms. The molecule has 3 rings (SSSR count). The van der Waals surface area contributed by atoms with Crippen LogP contribution in [-0.2, 0) is 19.6 Å². The van der Waals surface area contributed by atoms with Gasteiger partial charge in [0, 0.05) is 26.1 Å². The lowest BCUT2D eigenvalue weighted by molar-refractivity contribution is 0.0511. The second kappa shape index (κ2) is 5.73. The van der Waals surface area contributed by atoms with Gasteiger partial charge in [0.15, 0.2) is 4.77 Å². The van der Waals surface area contributed by atoms with E-state index in [2.05, 4.69) is 14.6 Å². The fourth-order valence-electron chi connectivity index (χ4n) is 3.07. The molecule has 2 aliphatic heterocycles. The van der Waals surface area contributed by atoms with Gasteiger partial charge in [-0.3, -0.25) is 4.90 Å². The lowest BCUT2D eigenvalue weighted by atomic mass is 10.1. The summed E-state index contributed by atoms with van der Waals surface area (Å²) in [6.07, 6.45) is 6.52. The van der Waals surface area contributed by atoms with Gasteiger partial charge < -0.3 is 9.67 Å². The monoisotopic (exact) mass is 282 g/mol. The summed E-state index contributed by atoms with van der Waals surface area (Å²) in [4.78, 5) is 2.25. The molecule has 106 valence electrons. The Morgan fingerprint density at radius 1 is 1.21 bits per heavy atom. The topological polar surface area (TPSA) is 46.2 Å². The molecule has 0 radical (unpaired) electrons. The van der Waals surface area contributed by atoms with Crippen molar-refractivity contribution in [2.24, 2.45) is 0 Å². The zero-order valence-corrected chi connectivity index (χ0v) is 12.1. The zero-order chi connectivity index (χ0) is 13.2. The number of aromatic nitrogens is 3. The van der Waals surface area contributed by atoms with Crippen molar-refractivity contribution in [2.75, 3.05) is 13.1 Å². The third-order valence-electron chi connectivity index (χ3n) is 4.10. The van der Waals surface area contributed by atoms with E-state index in [0.29, 0.717) is 0 Å². The average molecular weight is 282 g/mol. The Morgan fingerprint density at radius 2 is 2.11 bits per heavy atom. The Balaban J connectivity index is 1.76. The molecule has 0 amide bonds. The highest BCUT2D eigenvalue weighted by atomic mass is 32.1. The minimum Gasteiger partial charge on any atom is -0.392 e. The smallest absolute Gasteiger partial charge is 0.199 e. The number of nitrogens with zero attached hydrogens (tertiary/aromatic N) is 4. The Hall–Kier alpha value is -0.720. The van der Waals surface area contributed by atoms with E-state index in [1.165, 1.54) is 19.3 Å². The first-order valence-electron chi connectivity index (χ1n) is 7.31. The second-order valence-corrected chi connectivity index (χ2v) is 6.04. The van der Waals surface area contributed by atoms with Crippen molar-refractivity contribution in [1.29, 1.82) is 0 Å². The summed E-state index contributed by atoms with van der Waals surface area (Å²) in [5.41, 5.74) is 0. The standard InChI is InChI=1S/C13H22N4OS/c18-11-5-4-7-15(9-11)10-17-13(19)16-8-3-1-2-6-12(16)14-17/h11,18H,1-10H2/t11-/m1/s1. The lowest BCUT2D eigenvalue weighted by Crippen LogP contribution is -2.39. The van der Waals surface area contributed by atoms with Crippen molar-refractivity contribution < 1.29 is 5.11 Å². The van der Waals surface area contributed by atoms with E-state index in [1.807, 2.05) is 4.68 Å². The van der Waals surface area contributed by atoms with Crippen LogP contribution >= 0.6 is 12.2 Å². The average Bonchev–Trinajstić information content (AvgIpc) is 2.58. The van der Waals surface area contributed by atoms with Gasteiger partial charge in [0.1, 0.15) is 5.82 Å². The van der Waals surface area contributed by atoms with Crippen LogP contribution in [0.3, 0.4) is 0 Å². The van der Waals surface area contributed by atoms with Crippen LogP contribution < -0.4 is 0 Å². The van der Waals surface area contributed by atoms with E-state index in [0.717, 1.165) is 56.2 Å². The highest BCUT2D eigenvalue weighted by molar-refractivity contribution is 7.71. The first kappa shape index (κ1) is 13.3. The molecule has 0 aromatic carbocycles. The van der Waals surface area contributed by atoms with E-state index in [4.69, 9.17) is 12.2 Å². The summed E-state index contributed by atoms with van der Waals surface area (Å²) in [6, 6.07) is 0. The molecule has 0 aliphatic carbocycles. The van der Waals surface area contributed by atoms with Crippen LogP contribution in [0.5, 0.6) is 0 Å². The van der Waals surface area contributed by atoms with Crippen LogP contribution in [0.25, 0.3) is 0 Å². The largest absolute Gasteiger partial charge is 0.392 e. The summed E-state index contributed by atoms with van der Waals surface area (Å²) in [5, 5.41) is 14.4. The van der Waals surface area contributed by atoms with Crippen molar-refractivity contribution >= 4 is 12.2 Å². The van der Waals surface area contributed by atoms with Gasteiger partial charge in [-0.1, -0.05) is 6.42 Å². The highest BCUT2D eigenvalue weighted by Crippen LogP contribution is 2.15. The van der Waals surface area contributed by atoms with Crippen molar-refractivity contribution in [3.05, 3.63) is 10.6 Å². The maximum absolute atomic E-state index is 9.72. The van der Waals surface area contributed by atoms with Gasteiger partial charge in [0.25, 0.3) is 0 Å². The zero-order valence-electron chi connectivity index (χ0n) is 11.3. The molecule has 1 N–H and O–H groups in total. The molecule has 19 heavy (non-hydrogen) atoms. The number of hydrogen-bond donors (Lipinski definition) is 1. The van der Waals surface area contributed by atoms with E-state index < -0.39 is 0 Å². The number of fused-ring (bicyclic) bond motifs is 1. The summed E-state index contributed by atoms with van der Waals surface area (Å²) in [5.74, 6) is 1.14. The van der Waals surface area contributed by atoms with Gasteiger partial charge >= 0.3 is 0 Å². The number of hydrogen-bond acceptors (Lipinski definition) is 4. The molecule has 0 unspecified atom stereocenters. The fraction of sp³-hybridized carbons (Fsp3) is 0.846. The SMILES string of the molecule is O[C@@H]1CCCN(Cn2nc3n(c2=S)CCCCC3)C1. The maximum Gasteiger partial charge on any atom is 0.199 e. The minimum atomic E-state index is -0.191. The number of aliphatic hydroxyl groups excluding tert-OH is 1. The van der Waals surface area contributed by atoms with Crippen molar-refractivity contribution in [2.45, 2.75) is 57.8 Å². The van der Waals surface area contributed by atoms with Gasteiger partial charge in [-0.15, -0.1) is 0 Å². The first-order chi connectivity index (χ1) is 9.24. The van der Waals surface area contributed by atoms with Crippen molar-refractivity contribution in [3.63, 3.8) is 0 Å². The van der Waals surface area contributed by atoms with E-state index in [-0.39, 0.29) is 6.10 Å². The van der Waals surface area contributed by atoms with Gasteiger partial charge in [-0.05, 0) is 37.9 Å². The Morgan fingerprint density at radius 3 is 2.95 bits per heavy atom. The summed E-state index contributed by atoms with van der Waals surface area (Å²) in [6.45, 7) is 3.50. The van der Waals surface area contributed by atoms with E-state index in [9.17, 15) is 5.11 Å². The molecule has 2 aliphatic rings. The van der Waals surface area contributed by atoms with Gasteiger partial charge in [0.05, 0.1) is 12.8 Å². The Bertz CT molecular complexity index is 495. The third kappa shape index (κ3) is 2.90. The number of likely N-dealkylation sites (tertiary alicyclic amines) is 1. The summed E-state index contributed by atoms with van der Waals surface area (Å²) < 4.78 is 4.98. The van der Waals surface area contributed by atoms with E-state index in [1.54, 1.807) is 0 Å². The number of aryl methyl sites for hydroxylation is 1. The van der Waals surface area contributed by atoms with Crippen LogP contribution in [0.4, 0.5) is 0 Å². The second-order valence-electron chi connectivity index (χ2n) is 5.68. The first-order valence-corrected chi connectivity index (χ1v) is 7.72. The lowest BCUT2D eigenvalue weighted by Gasteiger charge is -2.29. The number of rotatable bonds is 2. The molecular formula is C13H22N4OS. The number of β-amino-alcohol motifs (C(OH)–C–C–N with tert-alkyl or cyclic N) is 1. The number of aliphatic hydroxyl groups is 1. The van der Waals surface area contributed by atoms with Crippen LogP contribution in [-0.4, -0.2) is 43.5 Å². The van der Waals surface area contributed by atoms with Gasteiger partial charge in [0.2, 0.25) is 0 Å². The Kier molecular flexibility index (Phi) is 4.00. The Labute approximate surface area is 118 Å². The van der Waals surface area contributed by atoms with Crippen LogP contribution in [0.1, 0.15) is 37.9 Å².